The number of benzene rings is 1. The van der Waals surface area contributed by atoms with Crippen LogP contribution in [0.3, 0.4) is 0 Å². The average Bonchev–Trinajstić information content (AvgIpc) is 3.35. The summed E-state index contributed by atoms with van der Waals surface area (Å²) in [6.45, 7) is 0. The number of nitrogens with one attached hydrogen (secondary N) is 1. The number of anilines is 1. The molecule has 2 aromatic heterocycles. The highest BCUT2D eigenvalue weighted by Crippen LogP contribution is 2.34. The molecule has 0 saturated carbocycles. The number of hydrogen-bond acceptors (Lipinski definition) is 7. The molecule has 3 heterocycles. The van der Waals surface area contributed by atoms with Crippen LogP contribution in [0.5, 0.6) is 0 Å². The Hall–Kier alpha value is -3.10. The molecule has 26 heavy (non-hydrogen) atoms. The smallest absolute Gasteiger partial charge is 0.389 e. The third-order valence-corrected chi connectivity index (χ3v) is 4.21. The number of rotatable bonds is 3. The van der Waals surface area contributed by atoms with E-state index in [2.05, 4.69) is 10.4 Å². The van der Waals surface area contributed by atoms with Crippen molar-refractivity contribution < 1.29 is 13.8 Å². The molecular formula is C17H13ClN4O4. The second-order valence-corrected chi connectivity index (χ2v) is 6.01. The molecular weight excluding hydrogens is 360 g/mol. The predicted molar refractivity (Wildman–Crippen MR) is 94.4 cm³/mol. The molecule has 1 aromatic carbocycles. The van der Waals surface area contributed by atoms with Gasteiger partial charge in [-0.15, -0.1) is 5.01 Å². The van der Waals surface area contributed by atoms with E-state index in [4.69, 9.17) is 20.4 Å². The fraction of sp³-hybridized carbons (Fsp3) is 0.118. The largest absolute Gasteiger partial charge is 0.467 e. The van der Waals surface area contributed by atoms with Crippen molar-refractivity contribution in [1.29, 1.82) is 0 Å². The van der Waals surface area contributed by atoms with Gasteiger partial charge in [0, 0.05) is 5.02 Å². The van der Waals surface area contributed by atoms with Crippen LogP contribution in [0.25, 0.3) is 0 Å². The summed E-state index contributed by atoms with van der Waals surface area (Å²) in [6, 6.07) is 12.9. The molecule has 0 aliphatic carbocycles. The van der Waals surface area contributed by atoms with E-state index in [1.807, 2.05) is 0 Å². The van der Waals surface area contributed by atoms with E-state index >= 15 is 0 Å². The standard InChI is InChI=1S/C17H13ClN4O4/c18-11-5-7-12(8-6-11)21-16(14-4-2-10-26-14)19-15(13-3-1-9-25-13)17(20-21)22(23)24/h1-10,15-16,19H. The van der Waals surface area contributed by atoms with E-state index in [9.17, 15) is 10.1 Å². The Morgan fingerprint density at radius 3 is 2.31 bits per heavy atom. The van der Waals surface area contributed by atoms with E-state index < -0.39 is 17.1 Å². The van der Waals surface area contributed by atoms with E-state index in [-0.39, 0.29) is 5.84 Å². The van der Waals surface area contributed by atoms with Crippen LogP contribution < -0.4 is 10.3 Å². The molecule has 0 bridgehead atoms. The maximum absolute atomic E-state index is 11.6. The van der Waals surface area contributed by atoms with E-state index in [1.165, 1.54) is 17.5 Å². The van der Waals surface area contributed by atoms with Crippen molar-refractivity contribution in [1.82, 2.24) is 5.32 Å². The molecule has 9 heteroatoms. The number of hydrogen-bond donors (Lipinski definition) is 1. The Morgan fingerprint density at radius 1 is 1.08 bits per heavy atom. The van der Waals surface area contributed by atoms with Crippen LogP contribution in [-0.4, -0.2) is 10.8 Å². The van der Waals surface area contributed by atoms with Gasteiger partial charge in [-0.1, -0.05) is 11.6 Å². The van der Waals surface area contributed by atoms with Crippen molar-refractivity contribution in [2.24, 2.45) is 5.10 Å². The number of amidine groups is 1. The van der Waals surface area contributed by atoms with E-state index in [0.29, 0.717) is 22.2 Å². The lowest BCUT2D eigenvalue weighted by atomic mass is 10.1. The molecule has 0 fully saturated rings. The lowest BCUT2D eigenvalue weighted by molar-refractivity contribution is -0.356. The van der Waals surface area contributed by atoms with E-state index in [0.717, 1.165) is 0 Å². The van der Waals surface area contributed by atoms with Crippen molar-refractivity contribution in [2.45, 2.75) is 12.2 Å². The summed E-state index contributed by atoms with van der Waals surface area (Å²) in [4.78, 5) is 11.1. The highest BCUT2D eigenvalue weighted by molar-refractivity contribution is 6.30. The van der Waals surface area contributed by atoms with Gasteiger partial charge in [0.25, 0.3) is 0 Å². The first kappa shape index (κ1) is 16.4. The van der Waals surface area contributed by atoms with Crippen LogP contribution in [-0.2, 0) is 0 Å². The Morgan fingerprint density at radius 2 is 1.73 bits per heavy atom. The first-order valence-corrected chi connectivity index (χ1v) is 8.12. The maximum atomic E-state index is 11.6. The van der Waals surface area contributed by atoms with Gasteiger partial charge in [-0.2, -0.15) is 0 Å². The maximum Gasteiger partial charge on any atom is 0.389 e. The van der Waals surface area contributed by atoms with Crippen molar-refractivity contribution in [3.63, 3.8) is 0 Å². The summed E-state index contributed by atoms with van der Waals surface area (Å²) in [5.41, 5.74) is 0.626. The predicted octanol–water partition coefficient (Wildman–Crippen LogP) is 3.97. The van der Waals surface area contributed by atoms with Gasteiger partial charge in [-0.3, -0.25) is 5.32 Å². The van der Waals surface area contributed by atoms with Gasteiger partial charge >= 0.3 is 5.84 Å². The third kappa shape index (κ3) is 2.96. The molecule has 1 aliphatic rings. The molecule has 1 N–H and O–H groups in total. The van der Waals surface area contributed by atoms with Crippen LogP contribution in [0, 0.1) is 10.1 Å². The fourth-order valence-corrected chi connectivity index (χ4v) is 2.91. The van der Waals surface area contributed by atoms with Crippen molar-refractivity contribution in [3.8, 4) is 0 Å². The highest BCUT2D eigenvalue weighted by Gasteiger charge is 2.43. The van der Waals surface area contributed by atoms with Gasteiger partial charge in [0.15, 0.2) is 12.2 Å². The summed E-state index contributed by atoms with van der Waals surface area (Å²) in [5, 5.41) is 21.1. The van der Waals surface area contributed by atoms with Crippen LogP contribution in [0.1, 0.15) is 23.7 Å². The van der Waals surface area contributed by atoms with Gasteiger partial charge in [-0.25, -0.2) is 0 Å². The minimum absolute atomic E-state index is 0.280. The SMILES string of the molecule is O=[N+]([O-])C1=NN(c2ccc(Cl)cc2)C(c2ccco2)NC1c1ccco1. The Kier molecular flexibility index (Phi) is 4.19. The van der Waals surface area contributed by atoms with Crippen molar-refractivity contribution >= 4 is 23.1 Å². The summed E-state index contributed by atoms with van der Waals surface area (Å²) in [7, 11) is 0. The number of nitrogens with zero attached hydrogens (tertiary/aromatic N) is 3. The molecule has 1 aliphatic heterocycles. The monoisotopic (exact) mass is 372 g/mol. The molecule has 2 unspecified atom stereocenters. The average molecular weight is 373 g/mol. The molecule has 0 saturated heterocycles. The number of halogens is 1. The van der Waals surface area contributed by atoms with Crippen molar-refractivity contribution in [3.05, 3.63) is 87.7 Å². The van der Waals surface area contributed by atoms with Crippen LogP contribution in [0.15, 0.2) is 75.0 Å². The molecule has 4 rings (SSSR count). The topological polar surface area (TPSA) is 97.0 Å². The lowest BCUT2D eigenvalue weighted by Gasteiger charge is -2.30. The number of hydrazone groups is 1. The Labute approximate surface area is 152 Å². The van der Waals surface area contributed by atoms with Gasteiger partial charge < -0.3 is 18.9 Å². The molecule has 8 nitrogen and oxygen atoms in total. The summed E-state index contributed by atoms with van der Waals surface area (Å²) in [5.74, 6) is 0.674. The third-order valence-electron chi connectivity index (χ3n) is 3.96. The van der Waals surface area contributed by atoms with Gasteiger partial charge in [-0.05, 0) is 53.5 Å². The summed E-state index contributed by atoms with van der Waals surface area (Å²) < 4.78 is 10.9. The van der Waals surface area contributed by atoms with Gasteiger partial charge in [0.2, 0.25) is 0 Å². The first-order chi connectivity index (χ1) is 12.6. The quantitative estimate of drug-likeness (QED) is 0.552. The molecule has 0 amide bonds. The molecule has 3 aromatic rings. The normalized spacial score (nSPS) is 20.0. The van der Waals surface area contributed by atoms with Crippen molar-refractivity contribution in [2.75, 3.05) is 5.01 Å². The van der Waals surface area contributed by atoms with E-state index in [1.54, 1.807) is 48.5 Å². The second kappa shape index (κ2) is 6.66. The van der Waals surface area contributed by atoms with Crippen LogP contribution in [0.4, 0.5) is 5.69 Å². The molecule has 0 radical (unpaired) electrons. The highest BCUT2D eigenvalue weighted by atomic mass is 35.5. The Balaban J connectivity index is 1.83. The van der Waals surface area contributed by atoms with Gasteiger partial charge in [0.1, 0.15) is 11.5 Å². The summed E-state index contributed by atoms with van der Waals surface area (Å²) >= 11 is 5.95. The van der Waals surface area contributed by atoms with Crippen LogP contribution in [0.2, 0.25) is 5.02 Å². The number of nitro groups is 1. The zero-order valence-electron chi connectivity index (χ0n) is 13.3. The minimum atomic E-state index is -0.821. The lowest BCUT2D eigenvalue weighted by Crippen LogP contribution is -2.47. The number of furan rings is 2. The first-order valence-electron chi connectivity index (χ1n) is 7.74. The zero-order chi connectivity index (χ0) is 18.1. The molecule has 2 atom stereocenters. The molecule has 0 spiro atoms. The fourth-order valence-electron chi connectivity index (χ4n) is 2.79. The minimum Gasteiger partial charge on any atom is -0.467 e. The summed E-state index contributed by atoms with van der Waals surface area (Å²) in [6.07, 6.45) is 2.43. The molecule has 132 valence electrons. The second-order valence-electron chi connectivity index (χ2n) is 5.57. The van der Waals surface area contributed by atoms with Crippen LogP contribution >= 0.6 is 11.6 Å². The zero-order valence-corrected chi connectivity index (χ0v) is 14.0. The van der Waals surface area contributed by atoms with Gasteiger partial charge in [0.05, 0.1) is 23.3 Å². The Bertz CT molecular complexity index is 922.